The van der Waals surface area contributed by atoms with Crippen LogP contribution in [-0.4, -0.2) is 50.8 Å². The van der Waals surface area contributed by atoms with E-state index in [1.54, 1.807) is 0 Å². The fraction of sp³-hybridized carbons (Fsp3) is 1.00. The fourth-order valence-electron chi connectivity index (χ4n) is 1.37. The molecule has 1 fully saturated rings. The molecule has 3 nitrogen and oxygen atoms in total. The first-order chi connectivity index (χ1) is 6.93. The van der Waals surface area contributed by atoms with Gasteiger partial charge in [0, 0.05) is 39.3 Å². The zero-order valence-electron chi connectivity index (χ0n) is 10.0. The van der Waals surface area contributed by atoms with E-state index >= 15 is 0 Å². The van der Waals surface area contributed by atoms with Gasteiger partial charge >= 0.3 is 0 Å². The largest absolute Gasteiger partial charge is 0.380 e. The lowest BCUT2D eigenvalue weighted by atomic mass is 10.4. The van der Waals surface area contributed by atoms with Crippen LogP contribution in [0.5, 0.6) is 0 Å². The number of rotatable bonds is 5. The first-order valence-electron chi connectivity index (χ1n) is 5.94. The summed E-state index contributed by atoms with van der Waals surface area (Å²) in [7, 11) is 0. The van der Waals surface area contributed by atoms with Gasteiger partial charge in [-0.25, -0.2) is 0 Å². The second-order valence-electron chi connectivity index (χ2n) is 3.20. The maximum Gasteiger partial charge on any atom is 0.0593 e. The summed E-state index contributed by atoms with van der Waals surface area (Å²) in [5.41, 5.74) is 0. The van der Waals surface area contributed by atoms with Gasteiger partial charge in [-0.1, -0.05) is 20.8 Å². The van der Waals surface area contributed by atoms with Crippen molar-refractivity contribution in [1.82, 2.24) is 10.2 Å². The summed E-state index contributed by atoms with van der Waals surface area (Å²) in [6.07, 6.45) is 1.13. The van der Waals surface area contributed by atoms with Crippen LogP contribution in [-0.2, 0) is 4.74 Å². The van der Waals surface area contributed by atoms with Crippen molar-refractivity contribution in [3.63, 3.8) is 0 Å². The number of nitrogens with one attached hydrogen (secondary N) is 1. The topological polar surface area (TPSA) is 24.5 Å². The van der Waals surface area contributed by atoms with Crippen LogP contribution in [0.1, 0.15) is 27.2 Å². The fourth-order valence-corrected chi connectivity index (χ4v) is 1.37. The minimum Gasteiger partial charge on any atom is -0.380 e. The lowest BCUT2D eigenvalue weighted by Crippen LogP contribution is -2.44. The number of ether oxygens (including phenoxy) is 1. The van der Waals surface area contributed by atoms with Gasteiger partial charge in [0.1, 0.15) is 0 Å². The van der Waals surface area contributed by atoms with Crippen molar-refractivity contribution in [2.75, 3.05) is 45.9 Å². The van der Waals surface area contributed by atoms with Crippen LogP contribution in [0.15, 0.2) is 0 Å². The first kappa shape index (κ1) is 13.9. The Hall–Kier alpha value is -0.120. The maximum absolute atomic E-state index is 5.42. The Morgan fingerprint density at radius 1 is 1.14 bits per heavy atom. The Morgan fingerprint density at radius 3 is 2.36 bits per heavy atom. The number of piperazine rings is 1. The molecule has 0 aromatic carbocycles. The molecule has 0 amide bonds. The number of nitrogens with zero attached hydrogens (tertiary/aromatic N) is 1. The number of hydrogen-bond donors (Lipinski definition) is 1. The normalized spacial score (nSPS) is 17.4. The van der Waals surface area contributed by atoms with Crippen molar-refractivity contribution < 1.29 is 4.74 Å². The van der Waals surface area contributed by atoms with Crippen LogP contribution in [0, 0.1) is 0 Å². The van der Waals surface area contributed by atoms with E-state index in [0.29, 0.717) is 0 Å². The highest BCUT2D eigenvalue weighted by atomic mass is 16.5. The van der Waals surface area contributed by atoms with Crippen LogP contribution in [0.3, 0.4) is 0 Å². The molecule has 1 rings (SSSR count). The van der Waals surface area contributed by atoms with E-state index in [1.807, 2.05) is 13.8 Å². The van der Waals surface area contributed by atoms with Crippen molar-refractivity contribution in [1.29, 1.82) is 0 Å². The Labute approximate surface area is 88.8 Å². The summed E-state index contributed by atoms with van der Waals surface area (Å²) >= 11 is 0. The smallest absolute Gasteiger partial charge is 0.0593 e. The van der Waals surface area contributed by atoms with Crippen molar-refractivity contribution in [2.45, 2.75) is 27.2 Å². The van der Waals surface area contributed by atoms with E-state index in [1.165, 1.54) is 13.1 Å². The summed E-state index contributed by atoms with van der Waals surface area (Å²) in [5, 5.41) is 3.33. The van der Waals surface area contributed by atoms with Crippen LogP contribution in [0.4, 0.5) is 0 Å². The summed E-state index contributed by atoms with van der Waals surface area (Å²) in [6.45, 7) is 13.7. The predicted octanol–water partition coefficient (Wildman–Crippen LogP) is 1.34. The molecule has 3 heteroatoms. The molecule has 1 heterocycles. The predicted molar refractivity (Wildman–Crippen MR) is 61.8 cm³/mol. The monoisotopic (exact) mass is 202 g/mol. The summed E-state index contributed by atoms with van der Waals surface area (Å²) in [6, 6.07) is 0. The van der Waals surface area contributed by atoms with Gasteiger partial charge in [0.2, 0.25) is 0 Å². The SMILES string of the molecule is CC.CCCOCCN1CCNCC1. The van der Waals surface area contributed by atoms with Gasteiger partial charge in [0.15, 0.2) is 0 Å². The molecule has 14 heavy (non-hydrogen) atoms. The number of hydrogen-bond acceptors (Lipinski definition) is 3. The molecule has 0 atom stereocenters. The van der Waals surface area contributed by atoms with Crippen molar-refractivity contribution >= 4 is 0 Å². The van der Waals surface area contributed by atoms with Gasteiger partial charge in [-0.05, 0) is 6.42 Å². The molecule has 0 radical (unpaired) electrons. The maximum atomic E-state index is 5.42. The molecule has 0 aliphatic carbocycles. The molecule has 1 N–H and O–H groups in total. The average Bonchev–Trinajstić information content (AvgIpc) is 2.29. The van der Waals surface area contributed by atoms with Gasteiger partial charge in [-0.15, -0.1) is 0 Å². The second-order valence-corrected chi connectivity index (χ2v) is 3.20. The van der Waals surface area contributed by atoms with Gasteiger partial charge in [0.25, 0.3) is 0 Å². The molecule has 0 bridgehead atoms. The van der Waals surface area contributed by atoms with Gasteiger partial charge < -0.3 is 10.1 Å². The van der Waals surface area contributed by atoms with Crippen LogP contribution in [0.2, 0.25) is 0 Å². The molecule has 0 aromatic heterocycles. The molecule has 0 spiro atoms. The van der Waals surface area contributed by atoms with E-state index in [9.17, 15) is 0 Å². The molecule has 86 valence electrons. The van der Waals surface area contributed by atoms with Crippen molar-refractivity contribution in [2.24, 2.45) is 0 Å². The van der Waals surface area contributed by atoms with E-state index in [2.05, 4.69) is 17.1 Å². The van der Waals surface area contributed by atoms with Gasteiger partial charge in [-0.2, -0.15) is 0 Å². The van der Waals surface area contributed by atoms with E-state index in [-0.39, 0.29) is 0 Å². The second kappa shape index (κ2) is 11.0. The Balaban J connectivity index is 0.000000791. The highest BCUT2D eigenvalue weighted by Gasteiger charge is 2.07. The lowest BCUT2D eigenvalue weighted by Gasteiger charge is -2.26. The van der Waals surface area contributed by atoms with Crippen LogP contribution in [0.25, 0.3) is 0 Å². The Bertz CT molecular complexity index is 103. The van der Waals surface area contributed by atoms with Crippen LogP contribution < -0.4 is 5.32 Å². The molecular weight excluding hydrogens is 176 g/mol. The molecular formula is C11H26N2O. The highest BCUT2D eigenvalue weighted by molar-refractivity contribution is 4.66. The average molecular weight is 202 g/mol. The minimum atomic E-state index is 0.897. The minimum absolute atomic E-state index is 0.897. The standard InChI is InChI=1S/C9H20N2O.C2H6/c1-2-8-12-9-7-11-5-3-10-4-6-11;1-2/h10H,2-9H2,1H3;1-2H3. The van der Waals surface area contributed by atoms with Crippen molar-refractivity contribution in [3.8, 4) is 0 Å². The third-order valence-corrected chi connectivity index (χ3v) is 2.11. The molecule has 1 saturated heterocycles. The first-order valence-corrected chi connectivity index (χ1v) is 5.94. The zero-order chi connectivity index (χ0) is 10.6. The molecule has 1 aliphatic rings. The lowest BCUT2D eigenvalue weighted by molar-refractivity contribution is 0.0995. The molecule has 0 saturated carbocycles. The third-order valence-electron chi connectivity index (χ3n) is 2.11. The third kappa shape index (κ3) is 7.30. The summed E-state index contributed by atoms with van der Waals surface area (Å²) < 4.78 is 5.42. The van der Waals surface area contributed by atoms with E-state index < -0.39 is 0 Å². The van der Waals surface area contributed by atoms with Gasteiger partial charge in [-0.3, -0.25) is 4.90 Å². The van der Waals surface area contributed by atoms with Gasteiger partial charge in [0.05, 0.1) is 6.61 Å². The zero-order valence-corrected chi connectivity index (χ0v) is 10.0. The molecule has 0 unspecified atom stereocenters. The molecule has 1 aliphatic heterocycles. The summed E-state index contributed by atoms with van der Waals surface area (Å²) in [4.78, 5) is 2.45. The van der Waals surface area contributed by atoms with Crippen LogP contribution >= 0.6 is 0 Å². The summed E-state index contributed by atoms with van der Waals surface area (Å²) in [5.74, 6) is 0. The highest BCUT2D eigenvalue weighted by Crippen LogP contribution is 1.91. The van der Waals surface area contributed by atoms with E-state index in [4.69, 9.17) is 4.74 Å². The Morgan fingerprint density at radius 2 is 1.79 bits per heavy atom. The molecule has 0 aromatic rings. The van der Waals surface area contributed by atoms with E-state index in [0.717, 1.165) is 39.3 Å². The Kier molecular flexibility index (Phi) is 10.9. The van der Waals surface area contributed by atoms with Crippen molar-refractivity contribution in [3.05, 3.63) is 0 Å². The quantitative estimate of drug-likeness (QED) is 0.681.